The van der Waals surface area contributed by atoms with E-state index in [1.807, 2.05) is 42.0 Å². The number of nitrogens with zero attached hydrogens (tertiary/aromatic N) is 2. The molecule has 0 saturated heterocycles. The normalized spacial score (nSPS) is 10.7. The lowest BCUT2D eigenvalue weighted by molar-refractivity contribution is -0.120. The summed E-state index contributed by atoms with van der Waals surface area (Å²) in [6, 6.07) is 5.98. The van der Waals surface area contributed by atoms with E-state index >= 15 is 0 Å². The summed E-state index contributed by atoms with van der Waals surface area (Å²) in [6.45, 7) is 4.01. The Bertz CT molecular complexity index is 520. The molecule has 0 fully saturated rings. The lowest BCUT2D eigenvalue weighted by atomic mass is 10.2. The Kier molecular flexibility index (Phi) is 4.30. The second kappa shape index (κ2) is 6.16. The van der Waals surface area contributed by atoms with Gasteiger partial charge in [0.15, 0.2) is 0 Å². The van der Waals surface area contributed by atoms with Crippen molar-refractivity contribution in [1.29, 1.82) is 0 Å². The van der Waals surface area contributed by atoms with Crippen molar-refractivity contribution < 1.29 is 4.79 Å². The number of fused-ring (bicyclic) bond motifs is 1. The number of carbonyl (C=O) groups excluding carboxylic acids is 1. The Hall–Kier alpha value is -1.88. The summed E-state index contributed by atoms with van der Waals surface area (Å²) < 4.78 is 1.85. The van der Waals surface area contributed by atoms with Crippen molar-refractivity contribution >= 4 is 11.4 Å². The first-order valence-corrected chi connectivity index (χ1v) is 6.20. The summed E-state index contributed by atoms with van der Waals surface area (Å²) in [6.07, 6.45) is 4.29. The van der Waals surface area contributed by atoms with Crippen LogP contribution in [0.15, 0.2) is 30.6 Å². The molecular weight excluding hydrogens is 228 g/mol. The van der Waals surface area contributed by atoms with Crippen LogP contribution in [0.3, 0.4) is 0 Å². The largest absolute Gasteiger partial charge is 0.356 e. The molecule has 2 N–H and O–H groups in total. The van der Waals surface area contributed by atoms with E-state index in [-0.39, 0.29) is 5.91 Å². The maximum atomic E-state index is 11.2. The standard InChI is InChI=1S/C13H18N4O/c1-2-15-13(18)6-7-14-9-11-10-16-17-8-4-3-5-12(11)17/h3-5,8,10,14H,2,6-7,9H2,1H3,(H,15,18). The third-order valence-electron chi connectivity index (χ3n) is 2.72. The van der Waals surface area contributed by atoms with Crippen LogP contribution in [0.4, 0.5) is 0 Å². The Labute approximate surface area is 106 Å². The number of carbonyl (C=O) groups is 1. The minimum atomic E-state index is 0.0878. The molecule has 0 aliphatic heterocycles. The van der Waals surface area contributed by atoms with Crippen LogP contribution in [-0.4, -0.2) is 28.6 Å². The Balaban J connectivity index is 1.82. The van der Waals surface area contributed by atoms with Gasteiger partial charge in [0.2, 0.25) is 5.91 Å². The Morgan fingerprint density at radius 2 is 2.33 bits per heavy atom. The molecule has 0 aliphatic carbocycles. The fourth-order valence-electron chi connectivity index (χ4n) is 1.83. The highest BCUT2D eigenvalue weighted by atomic mass is 16.1. The zero-order valence-corrected chi connectivity index (χ0v) is 10.5. The van der Waals surface area contributed by atoms with E-state index in [9.17, 15) is 4.79 Å². The number of rotatable bonds is 6. The van der Waals surface area contributed by atoms with Crippen molar-refractivity contribution in [3.05, 3.63) is 36.2 Å². The fourth-order valence-corrected chi connectivity index (χ4v) is 1.83. The van der Waals surface area contributed by atoms with Gasteiger partial charge in [-0.25, -0.2) is 4.52 Å². The lowest BCUT2D eigenvalue weighted by Crippen LogP contribution is -2.27. The molecule has 2 aromatic heterocycles. The molecule has 5 heteroatoms. The molecule has 0 unspecified atom stereocenters. The minimum absolute atomic E-state index is 0.0878. The van der Waals surface area contributed by atoms with Crippen molar-refractivity contribution in [1.82, 2.24) is 20.2 Å². The number of aromatic nitrogens is 2. The molecule has 0 atom stereocenters. The molecule has 18 heavy (non-hydrogen) atoms. The first-order valence-electron chi connectivity index (χ1n) is 6.20. The van der Waals surface area contributed by atoms with Gasteiger partial charge in [-0.1, -0.05) is 6.07 Å². The second-order valence-electron chi connectivity index (χ2n) is 4.08. The molecule has 0 aromatic carbocycles. The van der Waals surface area contributed by atoms with Crippen LogP contribution in [0.25, 0.3) is 5.52 Å². The van der Waals surface area contributed by atoms with Gasteiger partial charge in [-0.15, -0.1) is 0 Å². The van der Waals surface area contributed by atoms with Gasteiger partial charge in [-0.3, -0.25) is 4.79 Å². The number of nitrogens with one attached hydrogen (secondary N) is 2. The number of hydrogen-bond donors (Lipinski definition) is 2. The third-order valence-corrected chi connectivity index (χ3v) is 2.72. The van der Waals surface area contributed by atoms with E-state index < -0.39 is 0 Å². The Morgan fingerprint density at radius 1 is 1.44 bits per heavy atom. The predicted molar refractivity (Wildman–Crippen MR) is 70.2 cm³/mol. The van der Waals surface area contributed by atoms with Gasteiger partial charge >= 0.3 is 0 Å². The van der Waals surface area contributed by atoms with Gasteiger partial charge in [-0.2, -0.15) is 5.10 Å². The molecule has 96 valence electrons. The van der Waals surface area contributed by atoms with Crippen molar-refractivity contribution in [3.8, 4) is 0 Å². The maximum Gasteiger partial charge on any atom is 0.221 e. The molecule has 0 aliphatic rings. The van der Waals surface area contributed by atoms with Crippen molar-refractivity contribution in [2.24, 2.45) is 0 Å². The van der Waals surface area contributed by atoms with Crippen LogP contribution >= 0.6 is 0 Å². The number of pyridine rings is 1. The third kappa shape index (κ3) is 3.07. The number of amides is 1. The van der Waals surface area contributed by atoms with Crippen LogP contribution < -0.4 is 10.6 Å². The Morgan fingerprint density at radius 3 is 3.17 bits per heavy atom. The van der Waals surface area contributed by atoms with E-state index in [2.05, 4.69) is 15.7 Å². The quantitative estimate of drug-likeness (QED) is 0.746. The van der Waals surface area contributed by atoms with Crippen LogP contribution in [0, 0.1) is 0 Å². The van der Waals surface area contributed by atoms with Crippen LogP contribution in [-0.2, 0) is 11.3 Å². The van der Waals surface area contributed by atoms with E-state index in [1.54, 1.807) is 0 Å². The summed E-state index contributed by atoms with van der Waals surface area (Å²) >= 11 is 0. The van der Waals surface area contributed by atoms with Crippen molar-refractivity contribution in [2.75, 3.05) is 13.1 Å². The first-order chi connectivity index (χ1) is 8.81. The summed E-state index contributed by atoms with van der Waals surface area (Å²) in [5, 5.41) is 10.3. The molecule has 0 bridgehead atoms. The van der Waals surface area contributed by atoms with Crippen molar-refractivity contribution in [3.63, 3.8) is 0 Å². The first kappa shape index (κ1) is 12.6. The molecule has 0 saturated carbocycles. The average molecular weight is 246 g/mol. The maximum absolute atomic E-state index is 11.2. The zero-order valence-electron chi connectivity index (χ0n) is 10.5. The summed E-state index contributed by atoms with van der Waals surface area (Å²) in [5.74, 6) is 0.0878. The second-order valence-corrected chi connectivity index (χ2v) is 4.08. The summed E-state index contributed by atoms with van der Waals surface area (Å²) in [4.78, 5) is 11.2. The highest BCUT2D eigenvalue weighted by molar-refractivity contribution is 5.75. The monoisotopic (exact) mass is 246 g/mol. The predicted octanol–water partition coefficient (Wildman–Crippen LogP) is 0.950. The van der Waals surface area contributed by atoms with Gasteiger partial charge < -0.3 is 10.6 Å². The molecule has 2 aromatic rings. The summed E-state index contributed by atoms with van der Waals surface area (Å²) in [5.41, 5.74) is 2.24. The van der Waals surface area contributed by atoms with Gasteiger partial charge in [0.25, 0.3) is 0 Å². The molecule has 5 nitrogen and oxygen atoms in total. The topological polar surface area (TPSA) is 58.4 Å². The van der Waals surface area contributed by atoms with Crippen molar-refractivity contribution in [2.45, 2.75) is 19.9 Å². The lowest BCUT2D eigenvalue weighted by Gasteiger charge is -2.04. The molecule has 2 rings (SSSR count). The molecule has 0 spiro atoms. The van der Waals surface area contributed by atoms with Crippen LogP contribution in [0.2, 0.25) is 0 Å². The minimum Gasteiger partial charge on any atom is -0.356 e. The highest BCUT2D eigenvalue weighted by Gasteiger charge is 2.03. The summed E-state index contributed by atoms with van der Waals surface area (Å²) in [7, 11) is 0. The molecule has 2 heterocycles. The zero-order chi connectivity index (χ0) is 12.8. The van der Waals surface area contributed by atoms with Crippen LogP contribution in [0.1, 0.15) is 18.9 Å². The molecular formula is C13H18N4O. The fraction of sp³-hybridized carbons (Fsp3) is 0.385. The smallest absolute Gasteiger partial charge is 0.221 e. The van der Waals surface area contributed by atoms with Gasteiger partial charge in [0.05, 0.1) is 11.7 Å². The average Bonchev–Trinajstić information content (AvgIpc) is 2.78. The van der Waals surface area contributed by atoms with Gasteiger partial charge in [0.1, 0.15) is 0 Å². The van der Waals surface area contributed by atoms with E-state index in [0.717, 1.165) is 17.6 Å². The van der Waals surface area contributed by atoms with E-state index in [0.29, 0.717) is 19.5 Å². The van der Waals surface area contributed by atoms with E-state index in [4.69, 9.17) is 0 Å². The SMILES string of the molecule is CCNC(=O)CCNCc1cnn2ccccc12. The van der Waals surface area contributed by atoms with E-state index in [1.165, 1.54) is 0 Å². The van der Waals surface area contributed by atoms with Crippen LogP contribution in [0.5, 0.6) is 0 Å². The molecule has 1 amide bonds. The highest BCUT2D eigenvalue weighted by Crippen LogP contribution is 2.08. The molecule has 0 radical (unpaired) electrons. The number of hydrogen-bond acceptors (Lipinski definition) is 3. The van der Waals surface area contributed by atoms with Gasteiger partial charge in [-0.05, 0) is 19.1 Å². The van der Waals surface area contributed by atoms with Gasteiger partial charge in [0, 0.05) is 37.8 Å².